The van der Waals surface area contributed by atoms with Crippen LogP contribution in [0.4, 0.5) is 17.6 Å². The second-order valence-electron chi connectivity index (χ2n) is 7.78. The fourth-order valence-corrected chi connectivity index (χ4v) is 3.63. The number of benzene rings is 1. The number of nitrogens with two attached hydrogens (primary N) is 2. The summed E-state index contributed by atoms with van der Waals surface area (Å²) in [5, 5.41) is 23.5. The molecule has 8 N–H and O–H groups in total. The summed E-state index contributed by atoms with van der Waals surface area (Å²) >= 11 is 0. The van der Waals surface area contributed by atoms with E-state index in [1.807, 2.05) is 12.1 Å². The number of nitrogens with one attached hydrogen (secondary N) is 2. The fraction of sp³-hybridized carbons (Fsp3) is 0.381. The number of carboxylic acids is 2. The summed E-state index contributed by atoms with van der Waals surface area (Å²) in [5.74, 6) is -1.39. The smallest absolute Gasteiger partial charge is 0.326 e. The first-order valence-corrected chi connectivity index (χ1v) is 10.2. The van der Waals surface area contributed by atoms with E-state index in [2.05, 4.69) is 20.6 Å². The van der Waals surface area contributed by atoms with Crippen molar-refractivity contribution in [3.63, 3.8) is 0 Å². The highest BCUT2D eigenvalue weighted by Crippen LogP contribution is 2.29. The van der Waals surface area contributed by atoms with Crippen LogP contribution in [0.3, 0.4) is 0 Å². The zero-order valence-electron chi connectivity index (χ0n) is 17.4. The van der Waals surface area contributed by atoms with Gasteiger partial charge in [0, 0.05) is 24.1 Å². The lowest BCUT2D eigenvalue weighted by atomic mass is 9.90. The van der Waals surface area contributed by atoms with Crippen LogP contribution in [-0.2, 0) is 22.4 Å². The summed E-state index contributed by atoms with van der Waals surface area (Å²) in [5.41, 5.74) is 13.8. The van der Waals surface area contributed by atoms with Crippen molar-refractivity contribution in [1.82, 2.24) is 15.3 Å². The minimum absolute atomic E-state index is 0.146. The molecule has 0 bridgehead atoms. The van der Waals surface area contributed by atoms with Crippen molar-refractivity contribution in [2.24, 2.45) is 5.92 Å². The van der Waals surface area contributed by atoms with E-state index in [-0.39, 0.29) is 18.8 Å². The number of carboxylic acid groups (broad SMARTS) is 2. The highest BCUT2D eigenvalue weighted by Gasteiger charge is 2.23. The Morgan fingerprint density at radius 3 is 2.53 bits per heavy atom. The van der Waals surface area contributed by atoms with Crippen molar-refractivity contribution in [3.8, 4) is 0 Å². The molecule has 32 heavy (non-hydrogen) atoms. The van der Waals surface area contributed by atoms with Crippen molar-refractivity contribution in [3.05, 3.63) is 41.0 Å². The van der Waals surface area contributed by atoms with Gasteiger partial charge in [-0.2, -0.15) is 9.97 Å². The van der Waals surface area contributed by atoms with E-state index in [4.69, 9.17) is 16.6 Å². The molecule has 0 fully saturated rings. The lowest BCUT2D eigenvalue weighted by Crippen LogP contribution is -2.41. The van der Waals surface area contributed by atoms with Gasteiger partial charge < -0.3 is 32.3 Å². The molecule has 2 aromatic rings. The lowest BCUT2D eigenvalue weighted by Gasteiger charge is -2.26. The van der Waals surface area contributed by atoms with Crippen LogP contribution in [0.1, 0.15) is 40.7 Å². The van der Waals surface area contributed by atoms with Gasteiger partial charge in [-0.3, -0.25) is 9.59 Å². The van der Waals surface area contributed by atoms with E-state index in [1.54, 1.807) is 12.1 Å². The second kappa shape index (κ2) is 9.94. The van der Waals surface area contributed by atoms with Gasteiger partial charge in [-0.25, -0.2) is 4.79 Å². The molecule has 2 heterocycles. The topological polar surface area (TPSA) is 194 Å². The first-order chi connectivity index (χ1) is 15.2. The van der Waals surface area contributed by atoms with Crippen LogP contribution < -0.4 is 22.1 Å². The molecule has 1 aromatic carbocycles. The summed E-state index contributed by atoms with van der Waals surface area (Å²) in [6, 6.07) is 5.65. The molecule has 1 amide bonds. The highest BCUT2D eigenvalue weighted by atomic mass is 16.4. The molecular formula is C21H26N6O5. The molecule has 11 heteroatoms. The summed E-state index contributed by atoms with van der Waals surface area (Å²) in [6.07, 6.45) is 1.90. The van der Waals surface area contributed by atoms with E-state index < -0.39 is 23.9 Å². The van der Waals surface area contributed by atoms with Crippen molar-refractivity contribution in [2.75, 3.05) is 23.3 Å². The van der Waals surface area contributed by atoms with Gasteiger partial charge in [0.05, 0.1) is 0 Å². The van der Waals surface area contributed by atoms with E-state index in [0.717, 1.165) is 36.9 Å². The number of aryl methyl sites for hydroxylation is 1. The Kier molecular flexibility index (Phi) is 7.08. The maximum Gasteiger partial charge on any atom is 0.326 e. The Balaban J connectivity index is 1.54. The molecule has 0 saturated carbocycles. The summed E-state index contributed by atoms with van der Waals surface area (Å²) in [4.78, 5) is 42.4. The Morgan fingerprint density at radius 1 is 1.16 bits per heavy atom. The standard InChI is InChI=1S/C21H26N6O5/c22-17-14-9-12(10-24-18(14)27-21(23)26-17)2-1-11-3-5-13(6-4-11)19(30)25-15(20(31)32)7-8-16(28)29/h3-6,12,15H,1-2,7-10H2,(H,25,30)(H,28,29)(H,31,32)(H5,22,23,24,26,27)/t12-,15-/m0/s1. The number of carbonyl (C=O) groups excluding carboxylic acids is 1. The second-order valence-corrected chi connectivity index (χ2v) is 7.78. The molecule has 2 atom stereocenters. The molecule has 0 spiro atoms. The number of anilines is 3. The van der Waals surface area contributed by atoms with Crippen LogP contribution in [-0.4, -0.2) is 50.6 Å². The number of carbonyl (C=O) groups is 3. The van der Waals surface area contributed by atoms with Crippen LogP contribution in [0.25, 0.3) is 0 Å². The van der Waals surface area contributed by atoms with Gasteiger partial charge in [-0.05, 0) is 49.3 Å². The first kappa shape index (κ1) is 22.8. The third-order valence-corrected chi connectivity index (χ3v) is 5.42. The number of fused-ring (bicyclic) bond motifs is 1. The Labute approximate surface area is 184 Å². The third kappa shape index (κ3) is 5.84. The quantitative estimate of drug-likeness (QED) is 0.325. The van der Waals surface area contributed by atoms with Gasteiger partial charge in [-0.15, -0.1) is 0 Å². The number of aromatic nitrogens is 2. The van der Waals surface area contributed by atoms with Crippen molar-refractivity contribution in [1.29, 1.82) is 0 Å². The Bertz CT molecular complexity index is 1010. The summed E-state index contributed by atoms with van der Waals surface area (Å²) in [7, 11) is 0. The predicted octanol–water partition coefficient (Wildman–Crippen LogP) is 0.906. The molecule has 0 radical (unpaired) electrons. The summed E-state index contributed by atoms with van der Waals surface area (Å²) in [6.45, 7) is 0.746. The van der Waals surface area contributed by atoms with Gasteiger partial charge in [0.1, 0.15) is 17.7 Å². The average molecular weight is 442 g/mol. The molecule has 1 aliphatic rings. The van der Waals surface area contributed by atoms with Gasteiger partial charge in [0.25, 0.3) is 5.91 Å². The van der Waals surface area contributed by atoms with Crippen LogP contribution in [0.15, 0.2) is 24.3 Å². The maximum absolute atomic E-state index is 12.3. The molecule has 1 aliphatic heterocycles. The van der Waals surface area contributed by atoms with Gasteiger partial charge >= 0.3 is 11.9 Å². The van der Waals surface area contributed by atoms with E-state index in [0.29, 0.717) is 23.1 Å². The first-order valence-electron chi connectivity index (χ1n) is 10.2. The van der Waals surface area contributed by atoms with Crippen molar-refractivity contribution < 1.29 is 24.6 Å². The average Bonchev–Trinajstić information content (AvgIpc) is 2.75. The van der Waals surface area contributed by atoms with Gasteiger partial charge in [-0.1, -0.05) is 12.1 Å². The van der Waals surface area contributed by atoms with Gasteiger partial charge in [0.15, 0.2) is 0 Å². The van der Waals surface area contributed by atoms with Crippen molar-refractivity contribution >= 4 is 35.4 Å². The number of aliphatic carboxylic acids is 2. The summed E-state index contributed by atoms with van der Waals surface area (Å²) < 4.78 is 0. The number of amides is 1. The maximum atomic E-state index is 12.3. The zero-order valence-corrected chi connectivity index (χ0v) is 17.4. The fourth-order valence-electron chi connectivity index (χ4n) is 3.63. The number of nitrogen functional groups attached to an aromatic ring is 2. The number of nitrogens with zero attached hydrogens (tertiary/aromatic N) is 2. The number of rotatable bonds is 9. The SMILES string of the molecule is Nc1nc(N)c2c(n1)NC[C@@H](CCc1ccc(C(=O)N[C@@H](CCC(=O)O)C(=O)O)cc1)C2. The van der Waals surface area contributed by atoms with E-state index in [9.17, 15) is 19.5 Å². The minimum Gasteiger partial charge on any atom is -0.481 e. The normalized spacial score (nSPS) is 15.8. The molecular weight excluding hydrogens is 416 g/mol. The molecule has 170 valence electrons. The molecule has 11 nitrogen and oxygen atoms in total. The molecule has 0 unspecified atom stereocenters. The van der Waals surface area contributed by atoms with Crippen LogP contribution in [0.2, 0.25) is 0 Å². The minimum atomic E-state index is -1.27. The van der Waals surface area contributed by atoms with Crippen LogP contribution >= 0.6 is 0 Å². The largest absolute Gasteiger partial charge is 0.481 e. The molecule has 1 aromatic heterocycles. The van der Waals surface area contributed by atoms with Gasteiger partial charge in [0.2, 0.25) is 5.95 Å². The number of hydrogen-bond donors (Lipinski definition) is 6. The van der Waals surface area contributed by atoms with E-state index in [1.165, 1.54) is 0 Å². The monoisotopic (exact) mass is 442 g/mol. The Hall–Kier alpha value is -3.89. The molecule has 0 aliphatic carbocycles. The number of hydrogen-bond acceptors (Lipinski definition) is 8. The van der Waals surface area contributed by atoms with Crippen LogP contribution in [0.5, 0.6) is 0 Å². The van der Waals surface area contributed by atoms with Crippen LogP contribution in [0, 0.1) is 5.92 Å². The Morgan fingerprint density at radius 2 is 1.88 bits per heavy atom. The van der Waals surface area contributed by atoms with E-state index >= 15 is 0 Å². The predicted molar refractivity (Wildman–Crippen MR) is 117 cm³/mol. The molecule has 3 rings (SSSR count). The lowest BCUT2D eigenvalue weighted by molar-refractivity contribution is -0.140. The highest BCUT2D eigenvalue weighted by molar-refractivity contribution is 5.96. The zero-order chi connectivity index (χ0) is 23.3. The van der Waals surface area contributed by atoms with Crippen molar-refractivity contribution in [2.45, 2.75) is 38.1 Å². The molecule has 0 saturated heterocycles. The third-order valence-electron chi connectivity index (χ3n) is 5.42.